The third-order valence-corrected chi connectivity index (χ3v) is 5.05. The number of hydrogen-bond acceptors (Lipinski definition) is 3. The molecule has 0 saturated heterocycles. The van der Waals surface area contributed by atoms with Crippen molar-refractivity contribution in [3.63, 3.8) is 0 Å². The van der Waals surface area contributed by atoms with E-state index in [1.165, 1.54) is 13.0 Å². The van der Waals surface area contributed by atoms with Crippen LogP contribution >= 0.6 is 0 Å². The number of nitrogens with zero attached hydrogens (tertiary/aromatic N) is 2. The van der Waals surface area contributed by atoms with E-state index in [1.54, 1.807) is 12.4 Å². The first-order valence-corrected chi connectivity index (χ1v) is 9.33. The van der Waals surface area contributed by atoms with Gasteiger partial charge in [-0.05, 0) is 60.4 Å². The summed E-state index contributed by atoms with van der Waals surface area (Å²) >= 11 is 0. The second kappa shape index (κ2) is 7.40. The molecule has 1 N–H and O–H groups in total. The lowest BCUT2D eigenvalue weighted by molar-refractivity contribution is -0.138. The van der Waals surface area contributed by atoms with Crippen LogP contribution < -0.4 is 5.32 Å². The summed E-state index contributed by atoms with van der Waals surface area (Å²) in [6, 6.07) is 11.8. The van der Waals surface area contributed by atoms with E-state index in [0.717, 1.165) is 28.3 Å². The largest absolute Gasteiger partial charge is 0.416 e. The number of aromatic nitrogens is 1. The first-order valence-electron chi connectivity index (χ1n) is 9.33. The van der Waals surface area contributed by atoms with Crippen LogP contribution in [-0.4, -0.2) is 16.6 Å². The van der Waals surface area contributed by atoms with Crippen LogP contribution in [0.5, 0.6) is 0 Å². The van der Waals surface area contributed by atoms with Crippen molar-refractivity contribution in [1.29, 1.82) is 0 Å². The van der Waals surface area contributed by atoms with Gasteiger partial charge in [-0.1, -0.05) is 18.2 Å². The molecule has 152 valence electrons. The van der Waals surface area contributed by atoms with Crippen LogP contribution in [0, 0.1) is 13.8 Å². The van der Waals surface area contributed by atoms with Crippen LogP contribution in [0.15, 0.2) is 59.9 Å². The number of hydrogen-bond donors (Lipinski definition) is 1. The van der Waals surface area contributed by atoms with E-state index in [1.807, 2.05) is 37.3 Å². The molecule has 0 atom stereocenters. The van der Waals surface area contributed by atoms with Crippen LogP contribution in [0.4, 0.5) is 24.5 Å². The SMILES string of the molecule is Cc1ccncc1-c1cccc(C2=Nc3cc(C)c(C(F)(F)F)cc3NC(=O)C2)c1. The second-order valence-electron chi connectivity index (χ2n) is 7.24. The number of halogens is 3. The number of anilines is 1. The zero-order valence-electron chi connectivity index (χ0n) is 16.3. The zero-order valence-corrected chi connectivity index (χ0v) is 16.3. The van der Waals surface area contributed by atoms with Crippen molar-refractivity contribution in [2.45, 2.75) is 26.4 Å². The van der Waals surface area contributed by atoms with Crippen molar-refractivity contribution >= 4 is 23.0 Å². The molecule has 0 bridgehead atoms. The maximum absolute atomic E-state index is 13.2. The van der Waals surface area contributed by atoms with Crippen molar-refractivity contribution in [1.82, 2.24) is 4.98 Å². The van der Waals surface area contributed by atoms with Crippen molar-refractivity contribution in [3.05, 3.63) is 77.1 Å². The summed E-state index contributed by atoms with van der Waals surface area (Å²) in [5.41, 5.74) is 3.82. The molecule has 1 aliphatic rings. The summed E-state index contributed by atoms with van der Waals surface area (Å²) in [6.45, 7) is 3.37. The third kappa shape index (κ3) is 3.83. The zero-order chi connectivity index (χ0) is 21.5. The van der Waals surface area contributed by atoms with Crippen LogP contribution in [0.25, 0.3) is 11.1 Å². The predicted molar refractivity (Wildman–Crippen MR) is 110 cm³/mol. The van der Waals surface area contributed by atoms with E-state index in [4.69, 9.17) is 0 Å². The lowest BCUT2D eigenvalue weighted by Crippen LogP contribution is -2.15. The highest BCUT2D eigenvalue weighted by atomic mass is 19.4. The number of carbonyl (C=O) groups is 1. The number of rotatable bonds is 2. The number of alkyl halides is 3. The molecule has 2 heterocycles. The van der Waals surface area contributed by atoms with Gasteiger partial charge in [0.15, 0.2) is 0 Å². The van der Waals surface area contributed by atoms with Gasteiger partial charge in [0, 0.05) is 18.0 Å². The van der Waals surface area contributed by atoms with Gasteiger partial charge < -0.3 is 5.32 Å². The highest BCUT2D eigenvalue weighted by Gasteiger charge is 2.34. The number of aliphatic imine (C=N–C) groups is 1. The summed E-state index contributed by atoms with van der Waals surface area (Å²) in [7, 11) is 0. The second-order valence-corrected chi connectivity index (χ2v) is 7.24. The summed E-state index contributed by atoms with van der Waals surface area (Å²) < 4.78 is 39.7. The molecule has 4 nitrogen and oxygen atoms in total. The minimum absolute atomic E-state index is 0.0371. The molecule has 0 unspecified atom stereocenters. The van der Waals surface area contributed by atoms with Gasteiger partial charge in [-0.15, -0.1) is 0 Å². The van der Waals surface area contributed by atoms with Gasteiger partial charge in [-0.3, -0.25) is 14.8 Å². The summed E-state index contributed by atoms with van der Waals surface area (Å²) in [5, 5.41) is 2.55. The van der Waals surface area contributed by atoms with Gasteiger partial charge in [0.05, 0.1) is 29.1 Å². The van der Waals surface area contributed by atoms with Gasteiger partial charge in [-0.2, -0.15) is 13.2 Å². The number of pyridine rings is 1. The average molecular weight is 409 g/mol. The van der Waals surface area contributed by atoms with E-state index in [-0.39, 0.29) is 17.7 Å². The number of fused-ring (bicyclic) bond motifs is 1. The Morgan fingerprint density at radius 2 is 1.77 bits per heavy atom. The molecule has 2 aromatic carbocycles. The first kappa shape index (κ1) is 19.8. The number of nitrogens with one attached hydrogen (secondary N) is 1. The van der Waals surface area contributed by atoms with Gasteiger partial charge >= 0.3 is 6.18 Å². The van der Waals surface area contributed by atoms with Crippen molar-refractivity contribution in [2.75, 3.05) is 5.32 Å². The molecule has 1 amide bonds. The van der Waals surface area contributed by atoms with Crippen LogP contribution in [0.2, 0.25) is 0 Å². The molecule has 0 fully saturated rings. The quantitative estimate of drug-likeness (QED) is 0.577. The minimum Gasteiger partial charge on any atom is -0.324 e. The Bertz CT molecular complexity index is 1180. The molecular formula is C23H18F3N3O. The fourth-order valence-corrected chi connectivity index (χ4v) is 3.52. The highest BCUT2D eigenvalue weighted by Crippen LogP contribution is 2.39. The summed E-state index contributed by atoms with van der Waals surface area (Å²) in [4.78, 5) is 21.1. The summed E-state index contributed by atoms with van der Waals surface area (Å²) in [5.74, 6) is -0.410. The Labute approximate surface area is 171 Å². The fourth-order valence-electron chi connectivity index (χ4n) is 3.52. The Kier molecular flexibility index (Phi) is 4.89. The third-order valence-electron chi connectivity index (χ3n) is 5.05. The minimum atomic E-state index is -4.50. The topological polar surface area (TPSA) is 54.4 Å². The molecule has 7 heteroatoms. The lowest BCUT2D eigenvalue weighted by atomic mass is 9.98. The average Bonchev–Trinajstić information content (AvgIpc) is 2.85. The number of carbonyl (C=O) groups excluding carboxylic acids is 1. The van der Waals surface area contributed by atoms with Crippen molar-refractivity contribution in [3.8, 4) is 11.1 Å². The Morgan fingerprint density at radius 3 is 2.50 bits per heavy atom. The van der Waals surface area contributed by atoms with E-state index >= 15 is 0 Å². The van der Waals surface area contributed by atoms with E-state index in [2.05, 4.69) is 15.3 Å². The van der Waals surface area contributed by atoms with Gasteiger partial charge in [-0.25, -0.2) is 0 Å². The monoisotopic (exact) mass is 409 g/mol. The van der Waals surface area contributed by atoms with E-state index in [0.29, 0.717) is 11.4 Å². The molecule has 1 aliphatic heterocycles. The van der Waals surface area contributed by atoms with Gasteiger partial charge in [0.25, 0.3) is 0 Å². The normalized spacial score (nSPS) is 13.9. The van der Waals surface area contributed by atoms with Gasteiger partial charge in [0.2, 0.25) is 5.91 Å². The fraction of sp³-hybridized carbons (Fsp3) is 0.174. The Hall–Kier alpha value is -3.48. The maximum Gasteiger partial charge on any atom is 0.416 e. The molecule has 0 aliphatic carbocycles. The number of amides is 1. The van der Waals surface area contributed by atoms with E-state index in [9.17, 15) is 18.0 Å². The Morgan fingerprint density at radius 1 is 1.00 bits per heavy atom. The molecule has 0 radical (unpaired) electrons. The molecule has 4 rings (SSSR count). The Balaban J connectivity index is 1.81. The van der Waals surface area contributed by atoms with Gasteiger partial charge in [0.1, 0.15) is 0 Å². The molecular weight excluding hydrogens is 391 g/mol. The van der Waals surface area contributed by atoms with Crippen LogP contribution in [0.3, 0.4) is 0 Å². The molecule has 1 aromatic heterocycles. The molecule has 3 aromatic rings. The number of benzene rings is 2. The standard InChI is InChI=1S/C23H18F3N3O/c1-13-6-7-27-12-17(13)15-4-3-5-16(9-15)19-11-22(30)29-21-10-18(23(24,25)26)14(2)8-20(21)28-19/h3-10,12H,11H2,1-2H3,(H,29,30). The predicted octanol–water partition coefficient (Wildman–Crippen LogP) is 5.85. The van der Waals surface area contributed by atoms with Crippen molar-refractivity contribution in [2.24, 2.45) is 4.99 Å². The van der Waals surface area contributed by atoms with E-state index < -0.39 is 17.6 Å². The molecule has 0 spiro atoms. The maximum atomic E-state index is 13.2. The lowest BCUT2D eigenvalue weighted by Gasteiger charge is -2.13. The van der Waals surface area contributed by atoms with Crippen molar-refractivity contribution < 1.29 is 18.0 Å². The highest BCUT2D eigenvalue weighted by molar-refractivity contribution is 6.17. The van der Waals surface area contributed by atoms with Crippen LogP contribution in [-0.2, 0) is 11.0 Å². The molecule has 0 saturated carbocycles. The smallest absolute Gasteiger partial charge is 0.324 e. The first-order chi connectivity index (χ1) is 14.2. The summed E-state index contributed by atoms with van der Waals surface area (Å²) in [6.07, 6.45) is -1.05. The molecule has 30 heavy (non-hydrogen) atoms. The number of aryl methyl sites for hydroxylation is 2. The van der Waals surface area contributed by atoms with Crippen LogP contribution in [0.1, 0.15) is 28.7 Å².